The van der Waals surface area contributed by atoms with E-state index in [1.807, 2.05) is 12.1 Å². The van der Waals surface area contributed by atoms with E-state index in [4.69, 9.17) is 19.7 Å². The Bertz CT molecular complexity index is 1370. The van der Waals surface area contributed by atoms with Crippen molar-refractivity contribution >= 4 is 35.1 Å². The Morgan fingerprint density at radius 3 is 1.35 bits per heavy atom. The molecule has 4 aliphatic rings. The zero-order valence-corrected chi connectivity index (χ0v) is 24.6. The molecule has 2 fully saturated rings. The van der Waals surface area contributed by atoms with Gasteiger partial charge in [0.1, 0.15) is 48.7 Å². The van der Waals surface area contributed by atoms with E-state index in [9.17, 15) is 40.2 Å². The molecule has 0 amide bonds. The number of ether oxygens (including phenoxy) is 2. The molecule has 46 heavy (non-hydrogen) atoms. The molecule has 2 aromatic rings. The van der Waals surface area contributed by atoms with Crippen LogP contribution in [-0.4, -0.2) is 127 Å². The number of hydrogen-bond donors (Lipinski definition) is 10. The lowest BCUT2D eigenvalue weighted by atomic mass is 9.94. The van der Waals surface area contributed by atoms with Crippen LogP contribution < -0.4 is 10.6 Å². The lowest BCUT2D eigenvalue weighted by Crippen LogP contribution is -2.61. The molecule has 248 valence electrons. The smallest absolute Gasteiger partial charge is 0.178 e. The molecule has 0 spiro atoms. The summed E-state index contributed by atoms with van der Waals surface area (Å²) < 4.78 is 10.2. The van der Waals surface area contributed by atoms with Crippen molar-refractivity contribution in [1.82, 2.24) is 0 Å². The van der Waals surface area contributed by atoms with Crippen molar-refractivity contribution in [3.05, 3.63) is 70.8 Å². The van der Waals surface area contributed by atoms with E-state index < -0.39 is 74.5 Å². The number of carbonyl (C=O) groups is 2. The fraction of sp³-hybridized carbons (Fsp3) is 0.438. The first-order valence-corrected chi connectivity index (χ1v) is 14.8. The highest BCUT2D eigenvalue weighted by atomic mass is 16.6. The van der Waals surface area contributed by atoms with Gasteiger partial charge in [0.2, 0.25) is 0 Å². The van der Waals surface area contributed by atoms with Crippen LogP contribution >= 0.6 is 0 Å². The summed E-state index contributed by atoms with van der Waals surface area (Å²) in [4.78, 5) is 23.0. The minimum Gasteiger partial charge on any atom is -0.394 e. The van der Waals surface area contributed by atoms with Gasteiger partial charge in [-0.05, 0) is 58.7 Å². The van der Waals surface area contributed by atoms with E-state index in [1.54, 1.807) is 36.4 Å². The molecule has 10 atom stereocenters. The van der Waals surface area contributed by atoms with Gasteiger partial charge in [-0.2, -0.15) is 0 Å². The van der Waals surface area contributed by atoms with E-state index in [1.165, 1.54) is 12.2 Å². The largest absolute Gasteiger partial charge is 0.394 e. The molecule has 2 saturated heterocycles. The van der Waals surface area contributed by atoms with Crippen molar-refractivity contribution < 1.29 is 59.9 Å². The molecule has 0 saturated carbocycles. The molecular weight excluding hydrogens is 604 g/mol. The number of fused-ring (bicyclic) bond motifs is 2. The van der Waals surface area contributed by atoms with Gasteiger partial charge in [-0.3, -0.25) is 9.59 Å². The number of aliphatic hydroxyl groups is 8. The summed E-state index contributed by atoms with van der Waals surface area (Å²) in [7, 11) is 0. The van der Waals surface area contributed by atoms with Crippen molar-refractivity contribution in [2.45, 2.75) is 74.1 Å². The first kappa shape index (κ1) is 33.8. The number of ketones is 2. The van der Waals surface area contributed by atoms with Crippen LogP contribution in [0.1, 0.15) is 22.3 Å². The van der Waals surface area contributed by atoms with E-state index in [0.717, 1.165) is 22.3 Å². The molecule has 0 radical (unpaired) electrons. The monoisotopic (exact) mass is 642 g/mol. The van der Waals surface area contributed by atoms with Crippen LogP contribution in [0.4, 0.5) is 11.4 Å². The zero-order chi connectivity index (χ0) is 33.1. The molecule has 2 aliphatic heterocycles. The average molecular weight is 643 g/mol. The maximum atomic E-state index is 11.5. The minimum atomic E-state index is -1.39. The van der Waals surface area contributed by atoms with Crippen LogP contribution in [0, 0.1) is 0 Å². The second-order valence-electron chi connectivity index (χ2n) is 11.6. The normalized spacial score (nSPS) is 33.4. The van der Waals surface area contributed by atoms with Crippen LogP contribution in [0.15, 0.2) is 48.6 Å². The van der Waals surface area contributed by atoms with Crippen molar-refractivity contribution in [2.75, 3.05) is 23.8 Å². The Labute approximate surface area is 263 Å². The molecule has 10 N–H and O–H groups in total. The van der Waals surface area contributed by atoms with Crippen LogP contribution in [0.2, 0.25) is 0 Å². The number of anilines is 2. The molecule has 2 heterocycles. The maximum Gasteiger partial charge on any atom is 0.178 e. The molecule has 6 rings (SSSR count). The average Bonchev–Trinajstić information content (AvgIpc) is 3.04. The summed E-state index contributed by atoms with van der Waals surface area (Å²) in [5.74, 6) is 0.0221. The van der Waals surface area contributed by atoms with Crippen molar-refractivity contribution in [3.8, 4) is 0 Å². The summed E-state index contributed by atoms with van der Waals surface area (Å²) in [6.45, 7) is -1.01. The molecule has 2 aliphatic carbocycles. The van der Waals surface area contributed by atoms with Crippen molar-refractivity contribution in [1.29, 1.82) is 0 Å². The number of nitrogens with one attached hydrogen (secondary N) is 2. The van der Waals surface area contributed by atoms with Gasteiger partial charge in [0.25, 0.3) is 0 Å². The van der Waals surface area contributed by atoms with Gasteiger partial charge in [0, 0.05) is 24.2 Å². The Morgan fingerprint density at radius 1 is 0.587 bits per heavy atom. The van der Waals surface area contributed by atoms with Crippen LogP contribution in [-0.2, 0) is 31.9 Å². The summed E-state index contributed by atoms with van der Waals surface area (Å²) in [5, 5.41) is 83.9. The topological polar surface area (TPSA) is 238 Å². The molecule has 2 aromatic carbocycles. The second kappa shape index (κ2) is 14.5. The maximum absolute atomic E-state index is 11.5. The quantitative estimate of drug-likeness (QED) is 0.165. The molecule has 14 nitrogen and oxygen atoms in total. The number of benzene rings is 2. The summed E-state index contributed by atoms with van der Waals surface area (Å²) >= 11 is 0. The van der Waals surface area contributed by atoms with Gasteiger partial charge >= 0.3 is 0 Å². The van der Waals surface area contributed by atoms with Gasteiger partial charge in [-0.25, -0.2) is 0 Å². The number of hydrogen-bond acceptors (Lipinski definition) is 14. The zero-order valence-electron chi connectivity index (χ0n) is 24.6. The van der Waals surface area contributed by atoms with E-state index in [2.05, 4.69) is 10.6 Å². The van der Waals surface area contributed by atoms with Gasteiger partial charge < -0.3 is 61.0 Å². The van der Waals surface area contributed by atoms with Crippen molar-refractivity contribution in [3.63, 3.8) is 0 Å². The Balaban J connectivity index is 0.000000181. The lowest BCUT2D eigenvalue weighted by molar-refractivity contribution is -0.245. The highest BCUT2D eigenvalue weighted by Gasteiger charge is 2.44. The third kappa shape index (κ3) is 7.37. The Kier molecular flexibility index (Phi) is 10.6. The number of aliphatic hydroxyl groups excluding tert-OH is 8. The van der Waals surface area contributed by atoms with E-state index >= 15 is 0 Å². The predicted molar refractivity (Wildman–Crippen MR) is 163 cm³/mol. The third-order valence-corrected chi connectivity index (χ3v) is 8.38. The fourth-order valence-corrected chi connectivity index (χ4v) is 5.77. The van der Waals surface area contributed by atoms with Crippen LogP contribution in [0.25, 0.3) is 12.2 Å². The summed E-state index contributed by atoms with van der Waals surface area (Å²) in [6.07, 6.45) is -2.96. The van der Waals surface area contributed by atoms with E-state index in [-0.39, 0.29) is 11.6 Å². The first-order valence-electron chi connectivity index (χ1n) is 14.8. The number of rotatable bonds is 6. The molecule has 0 aromatic heterocycles. The first-order chi connectivity index (χ1) is 22.0. The van der Waals surface area contributed by atoms with Crippen molar-refractivity contribution in [2.24, 2.45) is 0 Å². The van der Waals surface area contributed by atoms with Gasteiger partial charge in [0.05, 0.1) is 13.2 Å². The van der Waals surface area contributed by atoms with Gasteiger partial charge in [-0.15, -0.1) is 0 Å². The molecular formula is C32H38N2O12. The van der Waals surface area contributed by atoms with E-state index in [0.29, 0.717) is 24.2 Å². The molecule has 0 bridgehead atoms. The second-order valence-corrected chi connectivity index (χ2v) is 11.6. The highest BCUT2D eigenvalue weighted by molar-refractivity contribution is 5.99. The number of allylic oxidation sites excluding steroid dienone is 2. The Hall–Kier alpha value is -3.54. The van der Waals surface area contributed by atoms with Crippen LogP contribution in [0.5, 0.6) is 0 Å². The Morgan fingerprint density at radius 2 is 0.978 bits per heavy atom. The van der Waals surface area contributed by atoms with Gasteiger partial charge in [0.15, 0.2) is 24.1 Å². The molecule has 5 unspecified atom stereocenters. The lowest BCUT2D eigenvalue weighted by Gasteiger charge is -2.40. The predicted octanol–water partition coefficient (Wildman–Crippen LogP) is -1.93. The van der Waals surface area contributed by atoms with Gasteiger partial charge in [-0.1, -0.05) is 24.3 Å². The third-order valence-electron chi connectivity index (χ3n) is 8.38. The fourth-order valence-electron chi connectivity index (χ4n) is 5.77. The number of carbonyl (C=O) groups excluding carboxylic acids is 2. The molecule has 14 heteroatoms. The minimum absolute atomic E-state index is 0.0110. The summed E-state index contributed by atoms with van der Waals surface area (Å²) in [5.41, 5.74) is 4.75. The van der Waals surface area contributed by atoms with Crippen LogP contribution in [0.3, 0.4) is 0 Å². The summed E-state index contributed by atoms with van der Waals surface area (Å²) in [6, 6.07) is 8.78. The SMILES string of the molecule is O=C1C=Cc2ccc(NC3C(O)OC(CO)[C@@H](O)[C@@H]3O)cc2C1.O=C1C=Cc2ccc(NC3[C@@H](O)OC(CO)[C@H](O)[C@H]3O)cc2C1. The highest BCUT2D eigenvalue weighted by Crippen LogP contribution is 2.28. The standard InChI is InChI=1S/2C16H19NO6/c2*18-7-12-14(20)15(21)13(16(22)23-12)17-10-3-1-8-2-4-11(19)6-9(8)5-10/h2*1-5,12-18,20-22H,6-7H2/t12?,13?,14-,15-,16?;12?,13?,14-,15-,16-/m10/s1.